The van der Waals surface area contributed by atoms with Gasteiger partial charge in [0.1, 0.15) is 0 Å². The van der Waals surface area contributed by atoms with Crippen molar-refractivity contribution in [3.63, 3.8) is 0 Å². The highest BCUT2D eigenvalue weighted by Crippen LogP contribution is 2.34. The predicted molar refractivity (Wildman–Crippen MR) is 139 cm³/mol. The molecule has 0 aliphatic heterocycles. The van der Waals surface area contributed by atoms with Crippen LogP contribution in [0.15, 0.2) is 78.9 Å². The largest absolute Gasteiger partial charge is 0.311 e. The van der Waals surface area contributed by atoms with Crippen LogP contribution in [0.1, 0.15) is 70.9 Å². The summed E-state index contributed by atoms with van der Waals surface area (Å²) in [6, 6.07) is 28.6. The summed E-state index contributed by atoms with van der Waals surface area (Å²) in [4.78, 5) is 2.33. The van der Waals surface area contributed by atoms with E-state index in [0.29, 0.717) is 0 Å². The maximum Gasteiger partial charge on any atom is 0.0461 e. The summed E-state index contributed by atoms with van der Waals surface area (Å²) in [6.45, 7) is 10.8. The number of nitrogens with zero attached hydrogens (tertiary/aromatic N) is 1. The molecule has 1 unspecified atom stereocenters. The van der Waals surface area contributed by atoms with Crippen molar-refractivity contribution in [2.45, 2.75) is 73.1 Å². The molecule has 3 rings (SSSR count). The molecule has 0 aliphatic carbocycles. The Bertz CT molecular complexity index is 834. The van der Waals surface area contributed by atoms with Gasteiger partial charge in [0, 0.05) is 17.1 Å². The molecule has 0 N–H and O–H groups in total. The molecule has 0 saturated heterocycles. The van der Waals surface area contributed by atoms with Crippen molar-refractivity contribution >= 4 is 17.1 Å². The number of aryl methyl sites for hydroxylation is 2. The van der Waals surface area contributed by atoms with Crippen LogP contribution in [-0.4, -0.2) is 0 Å². The highest BCUT2D eigenvalue weighted by atomic mass is 15.1. The van der Waals surface area contributed by atoms with Crippen molar-refractivity contribution in [1.82, 2.24) is 0 Å². The van der Waals surface area contributed by atoms with Crippen LogP contribution in [0, 0.1) is 12.8 Å². The lowest BCUT2D eigenvalue weighted by Gasteiger charge is -2.25. The lowest BCUT2D eigenvalue weighted by molar-refractivity contribution is 0.422. The molecule has 31 heavy (non-hydrogen) atoms. The Balaban J connectivity index is 0.00000166. The quantitative estimate of drug-likeness (QED) is 0.318. The van der Waals surface area contributed by atoms with E-state index in [2.05, 4.69) is 105 Å². The SMILES string of the molecule is CC.CCCCC(CC)CCc1ccc(N(c2ccccc2)c2ccc(C)cc2)cc1. The number of para-hydroxylation sites is 1. The van der Waals surface area contributed by atoms with Gasteiger partial charge in [-0.1, -0.05) is 101 Å². The summed E-state index contributed by atoms with van der Waals surface area (Å²) in [6.07, 6.45) is 7.82. The molecule has 0 radical (unpaired) electrons. The molecule has 166 valence electrons. The molecule has 0 heterocycles. The maximum atomic E-state index is 2.34. The van der Waals surface area contributed by atoms with E-state index in [-0.39, 0.29) is 0 Å². The Labute approximate surface area is 191 Å². The van der Waals surface area contributed by atoms with Crippen LogP contribution in [0.2, 0.25) is 0 Å². The molecule has 0 spiro atoms. The zero-order valence-electron chi connectivity index (χ0n) is 20.3. The maximum absolute atomic E-state index is 2.34. The summed E-state index contributed by atoms with van der Waals surface area (Å²) in [7, 11) is 0. The van der Waals surface area contributed by atoms with E-state index in [1.807, 2.05) is 13.8 Å². The molecule has 1 heteroatoms. The minimum atomic E-state index is 0.864. The van der Waals surface area contributed by atoms with Gasteiger partial charge in [-0.15, -0.1) is 0 Å². The van der Waals surface area contributed by atoms with Crippen LogP contribution in [0.3, 0.4) is 0 Å². The minimum Gasteiger partial charge on any atom is -0.311 e. The Morgan fingerprint density at radius 3 is 1.77 bits per heavy atom. The van der Waals surface area contributed by atoms with Crippen molar-refractivity contribution in [1.29, 1.82) is 0 Å². The van der Waals surface area contributed by atoms with E-state index in [1.165, 1.54) is 66.7 Å². The molecule has 1 nitrogen and oxygen atoms in total. The van der Waals surface area contributed by atoms with Crippen LogP contribution in [-0.2, 0) is 6.42 Å². The van der Waals surface area contributed by atoms with Crippen LogP contribution >= 0.6 is 0 Å². The van der Waals surface area contributed by atoms with Crippen molar-refractivity contribution in [2.24, 2.45) is 5.92 Å². The summed E-state index contributed by atoms with van der Waals surface area (Å²) in [5, 5.41) is 0. The molecule has 0 fully saturated rings. The zero-order valence-corrected chi connectivity index (χ0v) is 20.3. The number of hydrogen-bond acceptors (Lipinski definition) is 1. The van der Waals surface area contributed by atoms with Gasteiger partial charge >= 0.3 is 0 Å². The molecule has 0 bridgehead atoms. The molecule has 0 saturated carbocycles. The number of benzene rings is 3. The number of hydrogen-bond donors (Lipinski definition) is 0. The standard InChI is InChI=1S/C28H35N.C2H6/c1-4-6-10-24(5-2)15-16-25-17-21-28(22-18-25)29(26-11-8-7-9-12-26)27-19-13-23(3)14-20-27;1-2/h7-9,11-14,17-22,24H,4-6,10,15-16H2,1-3H3;1-2H3. The van der Waals surface area contributed by atoms with Crippen LogP contribution in [0.25, 0.3) is 0 Å². The highest BCUT2D eigenvalue weighted by molar-refractivity contribution is 5.76. The van der Waals surface area contributed by atoms with Gasteiger partial charge in [0.2, 0.25) is 0 Å². The van der Waals surface area contributed by atoms with Gasteiger partial charge in [-0.2, -0.15) is 0 Å². The summed E-state index contributed by atoms with van der Waals surface area (Å²) < 4.78 is 0. The van der Waals surface area contributed by atoms with E-state index in [1.54, 1.807) is 0 Å². The van der Waals surface area contributed by atoms with E-state index in [4.69, 9.17) is 0 Å². The first-order valence-corrected chi connectivity index (χ1v) is 12.2. The summed E-state index contributed by atoms with van der Waals surface area (Å²) >= 11 is 0. The van der Waals surface area contributed by atoms with Crippen molar-refractivity contribution in [2.75, 3.05) is 4.90 Å². The first kappa shape index (κ1) is 24.7. The Hall–Kier alpha value is -2.54. The third kappa shape index (κ3) is 7.58. The highest BCUT2D eigenvalue weighted by Gasteiger charge is 2.12. The van der Waals surface area contributed by atoms with E-state index in [9.17, 15) is 0 Å². The molecule has 3 aromatic rings. The fraction of sp³-hybridized carbons (Fsp3) is 0.400. The molecule has 0 amide bonds. The molecular weight excluding hydrogens is 374 g/mol. The van der Waals surface area contributed by atoms with E-state index in [0.717, 1.165) is 5.92 Å². The molecule has 0 aromatic heterocycles. The number of rotatable bonds is 10. The van der Waals surface area contributed by atoms with E-state index >= 15 is 0 Å². The van der Waals surface area contributed by atoms with Crippen molar-refractivity contribution < 1.29 is 0 Å². The van der Waals surface area contributed by atoms with E-state index < -0.39 is 0 Å². The van der Waals surface area contributed by atoms with Gasteiger partial charge in [-0.25, -0.2) is 0 Å². The fourth-order valence-corrected chi connectivity index (χ4v) is 3.95. The fourth-order valence-electron chi connectivity index (χ4n) is 3.95. The smallest absolute Gasteiger partial charge is 0.0461 e. The van der Waals surface area contributed by atoms with Gasteiger partial charge < -0.3 is 4.90 Å². The molecule has 1 atom stereocenters. The average Bonchev–Trinajstić information content (AvgIpc) is 2.83. The first-order chi connectivity index (χ1) is 15.2. The Morgan fingerprint density at radius 1 is 0.677 bits per heavy atom. The second-order valence-corrected chi connectivity index (χ2v) is 8.13. The normalized spacial score (nSPS) is 11.4. The average molecular weight is 416 g/mol. The zero-order chi connectivity index (χ0) is 22.5. The minimum absolute atomic E-state index is 0.864. The van der Waals surface area contributed by atoms with Gasteiger partial charge in [-0.3, -0.25) is 0 Å². The number of anilines is 3. The third-order valence-corrected chi connectivity index (χ3v) is 5.89. The van der Waals surface area contributed by atoms with Crippen LogP contribution < -0.4 is 4.90 Å². The monoisotopic (exact) mass is 415 g/mol. The summed E-state index contributed by atoms with van der Waals surface area (Å²) in [5.41, 5.74) is 6.32. The van der Waals surface area contributed by atoms with Crippen molar-refractivity contribution in [3.05, 3.63) is 90.0 Å². The third-order valence-electron chi connectivity index (χ3n) is 5.89. The van der Waals surface area contributed by atoms with Gasteiger partial charge in [0.15, 0.2) is 0 Å². The molecule has 3 aromatic carbocycles. The van der Waals surface area contributed by atoms with Gasteiger partial charge in [-0.05, 0) is 67.6 Å². The van der Waals surface area contributed by atoms with Gasteiger partial charge in [0.05, 0.1) is 0 Å². The van der Waals surface area contributed by atoms with Crippen LogP contribution in [0.4, 0.5) is 17.1 Å². The summed E-state index contributed by atoms with van der Waals surface area (Å²) in [5.74, 6) is 0.864. The molecule has 0 aliphatic rings. The second kappa shape index (κ2) is 13.7. The number of unbranched alkanes of at least 4 members (excludes halogenated alkanes) is 1. The Kier molecular flexibility index (Phi) is 10.9. The second-order valence-electron chi connectivity index (χ2n) is 8.13. The lowest BCUT2D eigenvalue weighted by atomic mass is 9.92. The lowest BCUT2D eigenvalue weighted by Crippen LogP contribution is -2.10. The predicted octanol–water partition coefficient (Wildman–Crippen LogP) is 9.64. The van der Waals surface area contributed by atoms with Gasteiger partial charge in [0.25, 0.3) is 0 Å². The topological polar surface area (TPSA) is 3.24 Å². The first-order valence-electron chi connectivity index (χ1n) is 12.2. The molecular formula is C30H41N. The van der Waals surface area contributed by atoms with Crippen molar-refractivity contribution in [3.8, 4) is 0 Å². The Morgan fingerprint density at radius 2 is 1.23 bits per heavy atom. The van der Waals surface area contributed by atoms with Crippen LogP contribution in [0.5, 0.6) is 0 Å².